The van der Waals surface area contributed by atoms with Gasteiger partial charge < -0.3 is 19.5 Å². The quantitative estimate of drug-likeness (QED) is 0.444. The highest BCUT2D eigenvalue weighted by Crippen LogP contribution is 2.11. The van der Waals surface area contributed by atoms with E-state index in [9.17, 15) is 0 Å². The molecule has 1 N–H and O–H groups in total. The second-order valence-electron chi connectivity index (χ2n) is 5.53. The summed E-state index contributed by atoms with van der Waals surface area (Å²) in [5, 5.41) is 3.53. The van der Waals surface area contributed by atoms with E-state index >= 15 is 0 Å². The molecule has 0 saturated heterocycles. The molecule has 2 atom stereocenters. The Bertz CT molecular complexity index is 202. The van der Waals surface area contributed by atoms with Crippen LogP contribution in [0.4, 0.5) is 0 Å². The molecular formula is C17H37NO3. The van der Waals surface area contributed by atoms with Gasteiger partial charge in [-0.3, -0.25) is 0 Å². The molecule has 0 aliphatic carbocycles. The van der Waals surface area contributed by atoms with Crippen LogP contribution in [0.15, 0.2) is 0 Å². The van der Waals surface area contributed by atoms with E-state index in [1.165, 1.54) is 12.8 Å². The topological polar surface area (TPSA) is 39.7 Å². The molecule has 128 valence electrons. The Morgan fingerprint density at radius 1 is 0.810 bits per heavy atom. The largest absolute Gasteiger partial charge is 0.379 e. The molecule has 0 bridgehead atoms. The third-order valence-corrected chi connectivity index (χ3v) is 3.70. The van der Waals surface area contributed by atoms with Crippen LogP contribution in [0.25, 0.3) is 0 Å². The Balaban J connectivity index is 3.28. The van der Waals surface area contributed by atoms with E-state index in [0.29, 0.717) is 38.4 Å². The van der Waals surface area contributed by atoms with Gasteiger partial charge in [0.1, 0.15) is 0 Å². The van der Waals surface area contributed by atoms with Crippen LogP contribution in [0.1, 0.15) is 53.4 Å². The number of ether oxygens (including phenoxy) is 3. The highest BCUT2D eigenvalue weighted by Gasteiger charge is 2.13. The van der Waals surface area contributed by atoms with Gasteiger partial charge >= 0.3 is 0 Å². The summed E-state index contributed by atoms with van der Waals surface area (Å²) in [6.45, 7) is 14.3. The van der Waals surface area contributed by atoms with Gasteiger partial charge in [-0.1, -0.05) is 34.1 Å². The van der Waals surface area contributed by atoms with Crippen LogP contribution in [0.2, 0.25) is 0 Å². The maximum Gasteiger partial charge on any atom is 0.0701 e. The molecule has 0 spiro atoms. The first-order valence-corrected chi connectivity index (χ1v) is 8.72. The van der Waals surface area contributed by atoms with Gasteiger partial charge in [0.15, 0.2) is 0 Å². The van der Waals surface area contributed by atoms with Gasteiger partial charge in [0.2, 0.25) is 0 Å². The van der Waals surface area contributed by atoms with Gasteiger partial charge in [-0.05, 0) is 31.7 Å². The average molecular weight is 303 g/mol. The van der Waals surface area contributed by atoms with Crippen molar-refractivity contribution in [3.8, 4) is 0 Å². The molecule has 2 unspecified atom stereocenters. The van der Waals surface area contributed by atoms with E-state index in [-0.39, 0.29) is 0 Å². The second kappa shape index (κ2) is 16.2. The zero-order valence-corrected chi connectivity index (χ0v) is 14.7. The Labute approximate surface area is 131 Å². The number of hydrogen-bond acceptors (Lipinski definition) is 4. The summed E-state index contributed by atoms with van der Waals surface area (Å²) in [6, 6.07) is 0.607. The third-order valence-electron chi connectivity index (χ3n) is 3.70. The van der Waals surface area contributed by atoms with E-state index in [4.69, 9.17) is 14.2 Å². The van der Waals surface area contributed by atoms with Crippen LogP contribution in [-0.4, -0.2) is 52.2 Å². The molecule has 0 amide bonds. The van der Waals surface area contributed by atoms with Crippen LogP contribution < -0.4 is 5.32 Å². The fourth-order valence-electron chi connectivity index (χ4n) is 2.27. The van der Waals surface area contributed by atoms with Gasteiger partial charge in [-0.2, -0.15) is 0 Å². The van der Waals surface area contributed by atoms with Crippen molar-refractivity contribution in [3.63, 3.8) is 0 Å². The molecule has 0 fully saturated rings. The fraction of sp³-hybridized carbons (Fsp3) is 1.00. The van der Waals surface area contributed by atoms with E-state index in [2.05, 4.69) is 33.0 Å². The first kappa shape index (κ1) is 20.8. The summed E-state index contributed by atoms with van der Waals surface area (Å²) < 4.78 is 16.5. The van der Waals surface area contributed by atoms with Gasteiger partial charge in [0, 0.05) is 19.3 Å². The predicted molar refractivity (Wildman–Crippen MR) is 88.9 cm³/mol. The lowest BCUT2D eigenvalue weighted by Crippen LogP contribution is -2.34. The van der Waals surface area contributed by atoms with Crippen LogP contribution in [0.5, 0.6) is 0 Å². The molecule has 4 nitrogen and oxygen atoms in total. The summed E-state index contributed by atoms with van der Waals surface area (Å²) in [7, 11) is 0. The first-order valence-electron chi connectivity index (χ1n) is 8.72. The predicted octanol–water partition coefficient (Wildman–Crippen LogP) is 3.25. The van der Waals surface area contributed by atoms with Crippen LogP contribution in [0.3, 0.4) is 0 Å². The van der Waals surface area contributed by atoms with Crippen molar-refractivity contribution in [1.82, 2.24) is 5.32 Å². The Hall–Kier alpha value is -0.160. The minimum Gasteiger partial charge on any atom is -0.379 e. The molecule has 0 saturated carbocycles. The zero-order valence-electron chi connectivity index (χ0n) is 14.7. The lowest BCUT2D eigenvalue weighted by atomic mass is 9.96. The van der Waals surface area contributed by atoms with Crippen molar-refractivity contribution < 1.29 is 14.2 Å². The highest BCUT2D eigenvalue weighted by atomic mass is 16.5. The van der Waals surface area contributed by atoms with Gasteiger partial charge in [0.05, 0.1) is 26.4 Å². The molecule has 0 aromatic carbocycles. The molecule has 0 rings (SSSR count). The van der Waals surface area contributed by atoms with E-state index in [1.807, 2.05) is 0 Å². The summed E-state index contributed by atoms with van der Waals surface area (Å²) in [4.78, 5) is 0. The Morgan fingerprint density at radius 2 is 1.38 bits per heavy atom. The zero-order chi connectivity index (χ0) is 15.8. The standard InChI is InChI=1S/C17H37NO3/c1-5-8-10-19-12-14-21-15-13-20-11-9-16(4)17(6-2)18-7-3/h16-18H,5-15H2,1-4H3. The summed E-state index contributed by atoms with van der Waals surface area (Å²) in [6.07, 6.45) is 4.59. The summed E-state index contributed by atoms with van der Waals surface area (Å²) >= 11 is 0. The molecule has 4 heteroatoms. The summed E-state index contributed by atoms with van der Waals surface area (Å²) in [5.74, 6) is 0.655. The van der Waals surface area contributed by atoms with Crippen molar-refractivity contribution in [2.75, 3.05) is 46.2 Å². The van der Waals surface area contributed by atoms with Crippen LogP contribution >= 0.6 is 0 Å². The lowest BCUT2D eigenvalue weighted by Gasteiger charge is -2.23. The monoisotopic (exact) mass is 303 g/mol. The minimum atomic E-state index is 0.607. The smallest absolute Gasteiger partial charge is 0.0701 e. The van der Waals surface area contributed by atoms with Crippen molar-refractivity contribution in [2.24, 2.45) is 5.92 Å². The molecule has 0 aromatic rings. The normalized spacial score (nSPS) is 14.3. The minimum absolute atomic E-state index is 0.607. The molecule has 21 heavy (non-hydrogen) atoms. The molecule has 0 aliphatic heterocycles. The number of unbranched alkanes of at least 4 members (excludes halogenated alkanes) is 1. The SMILES string of the molecule is CCCCOCCOCCOCCC(C)C(CC)NCC. The molecule has 0 aliphatic rings. The fourth-order valence-corrected chi connectivity index (χ4v) is 2.27. The number of nitrogens with one attached hydrogen (secondary N) is 1. The number of rotatable bonds is 16. The maximum atomic E-state index is 5.63. The average Bonchev–Trinajstić information content (AvgIpc) is 2.50. The highest BCUT2D eigenvalue weighted by molar-refractivity contribution is 4.70. The lowest BCUT2D eigenvalue weighted by molar-refractivity contribution is 0.0114. The van der Waals surface area contributed by atoms with E-state index < -0.39 is 0 Å². The Kier molecular flexibility index (Phi) is 16.1. The van der Waals surface area contributed by atoms with Crippen molar-refractivity contribution in [1.29, 1.82) is 0 Å². The van der Waals surface area contributed by atoms with Crippen LogP contribution in [-0.2, 0) is 14.2 Å². The van der Waals surface area contributed by atoms with Crippen molar-refractivity contribution >= 4 is 0 Å². The second-order valence-corrected chi connectivity index (χ2v) is 5.53. The van der Waals surface area contributed by atoms with Crippen LogP contribution in [0, 0.1) is 5.92 Å². The van der Waals surface area contributed by atoms with Crippen molar-refractivity contribution in [3.05, 3.63) is 0 Å². The Morgan fingerprint density at radius 3 is 1.90 bits per heavy atom. The number of hydrogen-bond donors (Lipinski definition) is 1. The molecular weight excluding hydrogens is 266 g/mol. The van der Waals surface area contributed by atoms with E-state index in [0.717, 1.165) is 32.6 Å². The molecule has 0 aromatic heterocycles. The van der Waals surface area contributed by atoms with E-state index in [1.54, 1.807) is 0 Å². The van der Waals surface area contributed by atoms with Crippen molar-refractivity contribution in [2.45, 2.75) is 59.4 Å². The van der Waals surface area contributed by atoms with Gasteiger partial charge in [-0.25, -0.2) is 0 Å². The van der Waals surface area contributed by atoms with Gasteiger partial charge in [-0.15, -0.1) is 0 Å². The summed E-state index contributed by atoms with van der Waals surface area (Å²) in [5.41, 5.74) is 0. The van der Waals surface area contributed by atoms with Gasteiger partial charge in [0.25, 0.3) is 0 Å². The first-order chi connectivity index (χ1) is 10.3. The third kappa shape index (κ3) is 13.2. The molecule has 0 radical (unpaired) electrons. The maximum absolute atomic E-state index is 5.63. The molecule has 0 heterocycles.